The normalized spacial score (nSPS) is 14.2. The van der Waals surface area contributed by atoms with Crippen molar-refractivity contribution in [1.82, 2.24) is 16.0 Å². The van der Waals surface area contributed by atoms with Crippen molar-refractivity contribution in [1.29, 1.82) is 0 Å². The summed E-state index contributed by atoms with van der Waals surface area (Å²) in [6, 6.07) is -5.15. The Labute approximate surface area is 183 Å². The van der Waals surface area contributed by atoms with Gasteiger partial charge in [0.15, 0.2) is 5.96 Å². The van der Waals surface area contributed by atoms with Gasteiger partial charge in [0, 0.05) is 13.0 Å². The first-order valence-corrected chi connectivity index (χ1v) is 9.66. The first-order chi connectivity index (χ1) is 14.9. The van der Waals surface area contributed by atoms with Crippen LogP contribution in [-0.2, 0) is 24.0 Å². The molecule has 0 fully saturated rings. The van der Waals surface area contributed by atoms with Gasteiger partial charge < -0.3 is 48.5 Å². The van der Waals surface area contributed by atoms with Gasteiger partial charge in [-0.3, -0.25) is 24.2 Å². The minimum absolute atomic E-state index is 0.0248. The molecule has 182 valence electrons. The molecule has 0 aliphatic rings. The van der Waals surface area contributed by atoms with Crippen molar-refractivity contribution >= 4 is 35.6 Å². The molecule has 0 saturated heterocycles. The molecule has 32 heavy (non-hydrogen) atoms. The summed E-state index contributed by atoms with van der Waals surface area (Å²) < 4.78 is 0. The number of aliphatic hydroxyl groups excluding tert-OH is 1. The summed E-state index contributed by atoms with van der Waals surface area (Å²) in [6.07, 6.45) is -0.612. The summed E-state index contributed by atoms with van der Waals surface area (Å²) in [4.78, 5) is 62.6. The summed E-state index contributed by atoms with van der Waals surface area (Å²) >= 11 is 0. The maximum absolute atomic E-state index is 12.6. The lowest BCUT2D eigenvalue weighted by atomic mass is 10.1. The quantitative estimate of drug-likeness (QED) is 0.0640. The number of aliphatic imine (C=N–C) groups is 1. The number of aliphatic carboxylic acids is 2. The van der Waals surface area contributed by atoms with Crippen LogP contribution in [0, 0.1) is 0 Å². The SMILES string of the molecule is CC(NC(=O)C(N)CO)C(=O)NC(CCC(=O)O)C(=O)NC(CCCN=C(N)N)C(=O)O. The first-order valence-electron chi connectivity index (χ1n) is 9.66. The van der Waals surface area contributed by atoms with E-state index in [4.69, 9.17) is 27.4 Å². The highest BCUT2D eigenvalue weighted by Gasteiger charge is 2.29. The molecule has 4 atom stereocenters. The number of carbonyl (C=O) groups excluding carboxylic acids is 3. The summed E-state index contributed by atoms with van der Waals surface area (Å²) in [7, 11) is 0. The summed E-state index contributed by atoms with van der Waals surface area (Å²) in [5.41, 5.74) is 15.7. The van der Waals surface area contributed by atoms with Crippen LogP contribution in [0.1, 0.15) is 32.6 Å². The van der Waals surface area contributed by atoms with E-state index >= 15 is 0 Å². The van der Waals surface area contributed by atoms with Gasteiger partial charge in [-0.1, -0.05) is 0 Å². The predicted molar refractivity (Wildman–Crippen MR) is 111 cm³/mol. The van der Waals surface area contributed by atoms with E-state index in [1.165, 1.54) is 6.92 Å². The van der Waals surface area contributed by atoms with Gasteiger partial charge >= 0.3 is 11.9 Å². The van der Waals surface area contributed by atoms with Crippen molar-refractivity contribution in [3.8, 4) is 0 Å². The summed E-state index contributed by atoms with van der Waals surface area (Å²) in [5.74, 6) is -5.32. The van der Waals surface area contributed by atoms with Crippen LogP contribution in [0.2, 0.25) is 0 Å². The van der Waals surface area contributed by atoms with Crippen LogP contribution < -0.4 is 33.2 Å². The number of hydrogen-bond donors (Lipinski definition) is 9. The molecule has 3 amide bonds. The molecule has 0 spiro atoms. The monoisotopic (exact) mass is 461 g/mol. The Kier molecular flexibility index (Phi) is 13.0. The number of aliphatic hydroxyl groups is 1. The van der Waals surface area contributed by atoms with Crippen LogP contribution in [0.3, 0.4) is 0 Å². The lowest BCUT2D eigenvalue weighted by Gasteiger charge is -2.23. The van der Waals surface area contributed by atoms with Crippen LogP contribution >= 0.6 is 0 Å². The minimum atomic E-state index is -1.39. The topological polar surface area (TPSA) is 273 Å². The molecule has 0 aromatic rings. The third-order valence-electron chi connectivity index (χ3n) is 4.13. The minimum Gasteiger partial charge on any atom is -0.481 e. The number of nitrogens with two attached hydrogens (primary N) is 3. The van der Waals surface area contributed by atoms with E-state index < -0.39 is 66.9 Å². The number of rotatable bonds is 15. The lowest BCUT2D eigenvalue weighted by molar-refractivity contribution is -0.143. The second kappa shape index (κ2) is 14.5. The van der Waals surface area contributed by atoms with Gasteiger partial charge in [-0.2, -0.15) is 0 Å². The average molecular weight is 461 g/mol. The maximum Gasteiger partial charge on any atom is 0.326 e. The van der Waals surface area contributed by atoms with Crippen molar-refractivity contribution in [3.63, 3.8) is 0 Å². The smallest absolute Gasteiger partial charge is 0.326 e. The fourth-order valence-corrected chi connectivity index (χ4v) is 2.34. The molecule has 0 rings (SSSR count). The second-order valence-corrected chi connectivity index (χ2v) is 6.86. The van der Waals surface area contributed by atoms with Crippen LogP contribution in [0.15, 0.2) is 4.99 Å². The molecular formula is C17H31N7O8. The van der Waals surface area contributed by atoms with E-state index in [2.05, 4.69) is 20.9 Å². The van der Waals surface area contributed by atoms with Crippen molar-refractivity contribution in [2.75, 3.05) is 13.2 Å². The fourth-order valence-electron chi connectivity index (χ4n) is 2.34. The first kappa shape index (κ1) is 28.5. The predicted octanol–water partition coefficient (Wildman–Crippen LogP) is -4.22. The highest BCUT2D eigenvalue weighted by molar-refractivity contribution is 5.94. The molecule has 0 aromatic heterocycles. The second-order valence-electron chi connectivity index (χ2n) is 6.86. The molecule has 4 unspecified atom stereocenters. The number of carbonyl (C=O) groups is 5. The molecule has 12 N–H and O–H groups in total. The van der Waals surface area contributed by atoms with Crippen molar-refractivity contribution in [2.45, 2.75) is 56.8 Å². The molecule has 0 radical (unpaired) electrons. The average Bonchev–Trinajstić information content (AvgIpc) is 2.71. The van der Waals surface area contributed by atoms with Gasteiger partial charge in [0.05, 0.1) is 6.61 Å². The summed E-state index contributed by atoms with van der Waals surface area (Å²) in [5, 5.41) is 33.8. The highest BCUT2D eigenvalue weighted by Crippen LogP contribution is 2.04. The van der Waals surface area contributed by atoms with Crippen molar-refractivity contribution in [3.05, 3.63) is 0 Å². The number of nitrogens with one attached hydrogen (secondary N) is 3. The zero-order valence-electron chi connectivity index (χ0n) is 17.6. The molecule has 15 heteroatoms. The number of guanidine groups is 1. The largest absolute Gasteiger partial charge is 0.481 e. The van der Waals surface area contributed by atoms with Crippen LogP contribution in [-0.4, -0.2) is 88.3 Å². The van der Waals surface area contributed by atoms with Gasteiger partial charge in [-0.05, 0) is 26.2 Å². The Morgan fingerprint density at radius 1 is 0.906 bits per heavy atom. The number of carboxylic acids is 2. The molecule has 0 aromatic carbocycles. The zero-order valence-corrected chi connectivity index (χ0v) is 17.6. The van der Waals surface area contributed by atoms with Gasteiger partial charge in [-0.15, -0.1) is 0 Å². The third-order valence-corrected chi connectivity index (χ3v) is 4.13. The van der Waals surface area contributed by atoms with E-state index in [9.17, 15) is 29.1 Å². The van der Waals surface area contributed by atoms with Crippen molar-refractivity contribution in [2.24, 2.45) is 22.2 Å². The zero-order chi connectivity index (χ0) is 24.8. The van der Waals surface area contributed by atoms with Gasteiger partial charge in [0.25, 0.3) is 0 Å². The Morgan fingerprint density at radius 3 is 2.00 bits per heavy atom. The van der Waals surface area contributed by atoms with E-state index in [1.54, 1.807) is 0 Å². The molecule has 0 bridgehead atoms. The Bertz CT molecular complexity index is 711. The fraction of sp³-hybridized carbons (Fsp3) is 0.647. The maximum atomic E-state index is 12.6. The highest BCUT2D eigenvalue weighted by atomic mass is 16.4. The van der Waals surface area contributed by atoms with E-state index in [1.807, 2.05) is 0 Å². The van der Waals surface area contributed by atoms with Gasteiger partial charge in [-0.25, -0.2) is 4.79 Å². The Balaban J connectivity index is 5.16. The molecular weight excluding hydrogens is 430 g/mol. The Hall–Kier alpha value is -3.46. The van der Waals surface area contributed by atoms with E-state index in [0.29, 0.717) is 0 Å². The van der Waals surface area contributed by atoms with Crippen LogP contribution in [0.25, 0.3) is 0 Å². The van der Waals surface area contributed by atoms with Gasteiger partial charge in [0.2, 0.25) is 17.7 Å². The molecule has 0 saturated carbocycles. The number of carboxylic acid groups (broad SMARTS) is 2. The summed E-state index contributed by atoms with van der Waals surface area (Å²) in [6.45, 7) is 0.769. The molecule has 0 aliphatic heterocycles. The van der Waals surface area contributed by atoms with E-state index in [0.717, 1.165) is 0 Å². The van der Waals surface area contributed by atoms with Gasteiger partial charge in [0.1, 0.15) is 24.2 Å². The van der Waals surface area contributed by atoms with Crippen LogP contribution in [0.5, 0.6) is 0 Å². The molecule has 0 aliphatic carbocycles. The molecule has 0 heterocycles. The number of amides is 3. The molecule has 15 nitrogen and oxygen atoms in total. The number of hydrogen-bond acceptors (Lipinski definition) is 8. The lowest BCUT2D eigenvalue weighted by Crippen LogP contribution is -2.56. The number of nitrogens with zero attached hydrogens (tertiary/aromatic N) is 1. The Morgan fingerprint density at radius 2 is 1.50 bits per heavy atom. The third kappa shape index (κ3) is 11.7. The van der Waals surface area contributed by atoms with Crippen molar-refractivity contribution < 1.29 is 39.3 Å². The van der Waals surface area contributed by atoms with Crippen LogP contribution in [0.4, 0.5) is 0 Å². The van der Waals surface area contributed by atoms with E-state index in [-0.39, 0.29) is 31.8 Å². The standard InChI is InChI=1S/C17H31N7O8/c1-8(22-14(29)9(18)7-25)13(28)23-10(4-5-12(26)27)15(30)24-11(16(31)32)3-2-6-21-17(19)20/h8-11,25H,2-7,18H2,1H3,(H,22,29)(H,23,28)(H,24,30)(H,26,27)(H,31,32)(H4,19,20,21).